The molecule has 3 nitrogen and oxygen atoms in total. The van der Waals surface area contributed by atoms with Gasteiger partial charge in [0.25, 0.3) is 0 Å². The lowest BCUT2D eigenvalue weighted by Gasteiger charge is -2.09. The maximum absolute atomic E-state index is 13.4. The van der Waals surface area contributed by atoms with Gasteiger partial charge in [-0.25, -0.2) is 8.78 Å². The van der Waals surface area contributed by atoms with E-state index in [1.807, 2.05) is 0 Å². The standard InChI is InChI=1S/C15H13F2NO2/c1-9-7-11(19)5-6-13(9)18-14(20)8-10-3-2-4-12(16)15(10)17/h2-7,19H,8H2,1H3,(H,18,20). The molecule has 0 aliphatic rings. The number of phenols is 1. The number of halogens is 2. The Morgan fingerprint density at radius 3 is 2.70 bits per heavy atom. The van der Waals surface area contributed by atoms with E-state index < -0.39 is 17.5 Å². The summed E-state index contributed by atoms with van der Waals surface area (Å²) in [6.07, 6.45) is -0.260. The molecule has 0 atom stereocenters. The summed E-state index contributed by atoms with van der Waals surface area (Å²) in [6.45, 7) is 1.72. The smallest absolute Gasteiger partial charge is 0.228 e. The average Bonchev–Trinajstić information content (AvgIpc) is 2.38. The predicted molar refractivity (Wildman–Crippen MR) is 71.5 cm³/mol. The lowest BCUT2D eigenvalue weighted by Crippen LogP contribution is -2.16. The van der Waals surface area contributed by atoms with Gasteiger partial charge in [0.2, 0.25) is 5.91 Å². The Bertz CT molecular complexity index is 656. The first kappa shape index (κ1) is 14.0. The average molecular weight is 277 g/mol. The van der Waals surface area contributed by atoms with Crippen molar-refractivity contribution >= 4 is 11.6 Å². The number of benzene rings is 2. The van der Waals surface area contributed by atoms with Gasteiger partial charge in [0.15, 0.2) is 11.6 Å². The second-order valence-corrected chi connectivity index (χ2v) is 4.44. The van der Waals surface area contributed by atoms with Crippen LogP contribution < -0.4 is 5.32 Å². The van der Waals surface area contributed by atoms with E-state index in [1.54, 1.807) is 13.0 Å². The zero-order valence-corrected chi connectivity index (χ0v) is 10.8. The zero-order chi connectivity index (χ0) is 14.7. The number of rotatable bonds is 3. The molecule has 2 aromatic rings. The number of anilines is 1. The Morgan fingerprint density at radius 1 is 1.25 bits per heavy atom. The van der Waals surface area contributed by atoms with E-state index in [0.29, 0.717) is 11.3 Å². The number of aryl methyl sites for hydroxylation is 1. The molecule has 2 N–H and O–H groups in total. The summed E-state index contributed by atoms with van der Waals surface area (Å²) in [7, 11) is 0. The number of phenolic OH excluding ortho intramolecular Hbond substituents is 1. The molecule has 104 valence electrons. The van der Waals surface area contributed by atoms with Crippen LogP contribution in [0.25, 0.3) is 0 Å². The molecular formula is C15H13F2NO2. The lowest BCUT2D eigenvalue weighted by molar-refractivity contribution is -0.115. The van der Waals surface area contributed by atoms with Crippen molar-refractivity contribution < 1.29 is 18.7 Å². The molecule has 20 heavy (non-hydrogen) atoms. The first-order valence-corrected chi connectivity index (χ1v) is 5.99. The van der Waals surface area contributed by atoms with Gasteiger partial charge in [-0.2, -0.15) is 0 Å². The first-order chi connectivity index (χ1) is 9.47. The molecule has 0 aromatic heterocycles. The van der Waals surface area contributed by atoms with Crippen LogP contribution in [0.5, 0.6) is 5.75 Å². The third-order valence-corrected chi connectivity index (χ3v) is 2.87. The van der Waals surface area contributed by atoms with Crippen molar-refractivity contribution in [3.8, 4) is 5.75 Å². The number of hydrogen-bond acceptors (Lipinski definition) is 2. The fraction of sp³-hybridized carbons (Fsp3) is 0.133. The van der Waals surface area contributed by atoms with Crippen molar-refractivity contribution in [2.75, 3.05) is 5.32 Å². The fourth-order valence-electron chi connectivity index (χ4n) is 1.84. The number of carbonyl (C=O) groups excluding carboxylic acids is 1. The molecule has 0 unspecified atom stereocenters. The predicted octanol–water partition coefficient (Wildman–Crippen LogP) is 3.16. The summed E-state index contributed by atoms with van der Waals surface area (Å²) >= 11 is 0. The van der Waals surface area contributed by atoms with E-state index in [-0.39, 0.29) is 17.7 Å². The summed E-state index contributed by atoms with van der Waals surface area (Å²) in [4.78, 5) is 11.8. The molecular weight excluding hydrogens is 264 g/mol. The fourth-order valence-corrected chi connectivity index (χ4v) is 1.84. The number of carbonyl (C=O) groups is 1. The molecule has 0 saturated carbocycles. The molecule has 0 spiro atoms. The summed E-state index contributed by atoms with van der Waals surface area (Å²) < 4.78 is 26.5. The molecule has 0 aliphatic carbocycles. The van der Waals surface area contributed by atoms with Crippen LogP contribution in [0.15, 0.2) is 36.4 Å². The number of amides is 1. The van der Waals surface area contributed by atoms with Crippen LogP contribution in [0.1, 0.15) is 11.1 Å². The second-order valence-electron chi connectivity index (χ2n) is 4.44. The van der Waals surface area contributed by atoms with E-state index in [0.717, 1.165) is 6.07 Å². The Balaban J connectivity index is 2.11. The van der Waals surface area contributed by atoms with Crippen molar-refractivity contribution in [2.45, 2.75) is 13.3 Å². The van der Waals surface area contributed by atoms with Crippen molar-refractivity contribution in [2.24, 2.45) is 0 Å². The first-order valence-electron chi connectivity index (χ1n) is 5.99. The highest BCUT2D eigenvalue weighted by Crippen LogP contribution is 2.20. The monoisotopic (exact) mass is 277 g/mol. The number of aromatic hydroxyl groups is 1. The molecule has 0 heterocycles. The summed E-state index contributed by atoms with van der Waals surface area (Å²) in [5.74, 6) is -2.35. The van der Waals surface area contributed by atoms with E-state index in [9.17, 15) is 18.7 Å². The maximum atomic E-state index is 13.4. The Labute approximate surface area is 114 Å². The highest BCUT2D eigenvalue weighted by molar-refractivity contribution is 5.93. The van der Waals surface area contributed by atoms with Crippen molar-refractivity contribution in [1.29, 1.82) is 0 Å². The van der Waals surface area contributed by atoms with Gasteiger partial charge in [-0.1, -0.05) is 12.1 Å². The topological polar surface area (TPSA) is 49.3 Å². The minimum Gasteiger partial charge on any atom is -0.508 e. The molecule has 0 fully saturated rings. The van der Waals surface area contributed by atoms with Gasteiger partial charge in [-0.15, -0.1) is 0 Å². The SMILES string of the molecule is Cc1cc(O)ccc1NC(=O)Cc1cccc(F)c1F. The van der Waals surface area contributed by atoms with E-state index in [1.165, 1.54) is 24.3 Å². The summed E-state index contributed by atoms with van der Waals surface area (Å²) in [6, 6.07) is 8.20. The second kappa shape index (κ2) is 5.69. The van der Waals surface area contributed by atoms with Crippen molar-refractivity contribution in [3.63, 3.8) is 0 Å². The highest BCUT2D eigenvalue weighted by Gasteiger charge is 2.12. The van der Waals surface area contributed by atoms with Crippen LogP contribution >= 0.6 is 0 Å². The van der Waals surface area contributed by atoms with Crippen molar-refractivity contribution in [1.82, 2.24) is 0 Å². The third kappa shape index (κ3) is 3.12. The van der Waals surface area contributed by atoms with Crippen LogP contribution in [-0.4, -0.2) is 11.0 Å². The van der Waals surface area contributed by atoms with Gasteiger partial charge >= 0.3 is 0 Å². The molecule has 2 rings (SSSR count). The van der Waals surface area contributed by atoms with Gasteiger partial charge in [0, 0.05) is 11.3 Å². The number of nitrogens with one attached hydrogen (secondary N) is 1. The summed E-state index contributed by atoms with van der Waals surface area (Å²) in [5.41, 5.74) is 1.20. The van der Waals surface area contributed by atoms with Gasteiger partial charge in [0.05, 0.1) is 6.42 Å². The molecule has 5 heteroatoms. The van der Waals surface area contributed by atoms with Crippen LogP contribution in [0, 0.1) is 18.6 Å². The van der Waals surface area contributed by atoms with Crippen LogP contribution in [-0.2, 0) is 11.2 Å². The zero-order valence-electron chi connectivity index (χ0n) is 10.8. The van der Waals surface area contributed by atoms with Crippen LogP contribution in [0.4, 0.5) is 14.5 Å². The third-order valence-electron chi connectivity index (χ3n) is 2.87. The van der Waals surface area contributed by atoms with Crippen molar-refractivity contribution in [3.05, 3.63) is 59.2 Å². The van der Waals surface area contributed by atoms with Gasteiger partial charge in [0.1, 0.15) is 5.75 Å². The Hall–Kier alpha value is -2.43. The molecule has 2 aromatic carbocycles. The highest BCUT2D eigenvalue weighted by atomic mass is 19.2. The molecule has 1 amide bonds. The van der Waals surface area contributed by atoms with Crippen LogP contribution in [0.3, 0.4) is 0 Å². The number of hydrogen-bond donors (Lipinski definition) is 2. The molecule has 0 saturated heterocycles. The van der Waals surface area contributed by atoms with Crippen LogP contribution in [0.2, 0.25) is 0 Å². The van der Waals surface area contributed by atoms with Gasteiger partial charge < -0.3 is 10.4 Å². The molecule has 0 radical (unpaired) electrons. The lowest BCUT2D eigenvalue weighted by atomic mass is 10.1. The normalized spacial score (nSPS) is 10.3. The minimum absolute atomic E-state index is 0.000989. The Morgan fingerprint density at radius 2 is 2.00 bits per heavy atom. The van der Waals surface area contributed by atoms with Gasteiger partial charge in [-0.05, 0) is 36.8 Å². The largest absolute Gasteiger partial charge is 0.508 e. The summed E-state index contributed by atoms with van der Waals surface area (Å²) in [5, 5.41) is 11.9. The Kier molecular flexibility index (Phi) is 3.98. The maximum Gasteiger partial charge on any atom is 0.228 e. The van der Waals surface area contributed by atoms with Gasteiger partial charge in [-0.3, -0.25) is 4.79 Å². The molecule has 0 aliphatic heterocycles. The minimum atomic E-state index is -1.01. The van der Waals surface area contributed by atoms with E-state index in [2.05, 4.69) is 5.32 Å². The molecule has 0 bridgehead atoms. The van der Waals surface area contributed by atoms with E-state index in [4.69, 9.17) is 0 Å². The van der Waals surface area contributed by atoms with E-state index >= 15 is 0 Å². The quantitative estimate of drug-likeness (QED) is 0.847.